The third-order valence-corrected chi connectivity index (χ3v) is 14.8. The van der Waals surface area contributed by atoms with Gasteiger partial charge in [-0.2, -0.15) is 0 Å². The van der Waals surface area contributed by atoms with Gasteiger partial charge in [0.1, 0.15) is 11.2 Å². The van der Waals surface area contributed by atoms with Gasteiger partial charge in [0, 0.05) is 54.1 Å². The zero-order chi connectivity index (χ0) is 41.2. The largest absolute Gasteiger partial charge is 0.456 e. The fraction of sp³-hybridized carbons (Fsp3) is 0.0169. The van der Waals surface area contributed by atoms with Gasteiger partial charge in [-0.05, 0) is 117 Å². The molecule has 0 radical (unpaired) electrons. The Labute approximate surface area is 368 Å². The Kier molecular flexibility index (Phi) is 7.26. The number of rotatable bonds is 4. The number of furan rings is 1. The normalized spacial score (nSPS) is 15.0. The first-order valence-corrected chi connectivity index (χ1v) is 22.4. The van der Waals surface area contributed by atoms with Crippen LogP contribution in [0.4, 0.5) is 17.1 Å². The van der Waals surface area contributed by atoms with Crippen LogP contribution in [0.15, 0.2) is 233 Å². The highest BCUT2D eigenvalue weighted by Gasteiger charge is 2.48. The summed E-state index contributed by atoms with van der Waals surface area (Å²) in [5.41, 5.74) is 15.9. The summed E-state index contributed by atoms with van der Waals surface area (Å²) >= 11 is 1.89. The van der Waals surface area contributed by atoms with Gasteiger partial charge in [-0.15, -0.1) is 0 Å². The number of hydrogen-bond acceptors (Lipinski definition) is 3. The van der Waals surface area contributed by atoms with Crippen molar-refractivity contribution in [3.05, 3.63) is 241 Å². The highest BCUT2D eigenvalue weighted by molar-refractivity contribution is 7.99. The molecule has 63 heavy (non-hydrogen) atoms. The average Bonchev–Trinajstić information content (AvgIpc) is 3.88. The number of fused-ring (bicyclic) bond motifs is 14. The van der Waals surface area contributed by atoms with E-state index in [0.717, 1.165) is 50.2 Å². The molecule has 14 rings (SSSR count). The number of para-hydroxylation sites is 3. The van der Waals surface area contributed by atoms with E-state index in [-0.39, 0.29) is 0 Å². The highest BCUT2D eigenvalue weighted by atomic mass is 32.2. The van der Waals surface area contributed by atoms with Crippen LogP contribution in [0.3, 0.4) is 0 Å². The molecule has 1 atom stereocenters. The van der Waals surface area contributed by atoms with Gasteiger partial charge in [0.2, 0.25) is 0 Å². The van der Waals surface area contributed by atoms with Gasteiger partial charge in [0.15, 0.2) is 0 Å². The monoisotopic (exact) mass is 820 g/mol. The van der Waals surface area contributed by atoms with Crippen LogP contribution in [0.2, 0.25) is 0 Å². The third-order valence-electron chi connectivity index (χ3n) is 13.6. The van der Waals surface area contributed by atoms with Gasteiger partial charge in [-0.25, -0.2) is 0 Å². The van der Waals surface area contributed by atoms with E-state index in [9.17, 15) is 0 Å². The lowest BCUT2D eigenvalue weighted by Gasteiger charge is -2.46. The second kappa shape index (κ2) is 13.1. The van der Waals surface area contributed by atoms with E-state index in [4.69, 9.17) is 4.42 Å². The van der Waals surface area contributed by atoms with Crippen molar-refractivity contribution in [2.75, 3.05) is 4.90 Å². The first-order valence-electron chi connectivity index (χ1n) is 21.6. The van der Waals surface area contributed by atoms with E-state index >= 15 is 0 Å². The Bertz CT molecular complexity index is 3860. The molecule has 3 heterocycles. The average molecular weight is 821 g/mol. The van der Waals surface area contributed by atoms with Crippen LogP contribution in [0.1, 0.15) is 22.3 Å². The van der Waals surface area contributed by atoms with Crippen molar-refractivity contribution in [2.45, 2.75) is 15.2 Å². The highest BCUT2D eigenvalue weighted by Crippen LogP contribution is 2.61. The van der Waals surface area contributed by atoms with E-state index in [1.807, 2.05) is 23.9 Å². The Balaban J connectivity index is 1.00. The van der Waals surface area contributed by atoms with Crippen LogP contribution < -0.4 is 4.90 Å². The lowest BCUT2D eigenvalue weighted by atomic mass is 9.59. The number of hydrogen-bond donors (Lipinski definition) is 0. The molecular weight excluding hydrogens is 785 g/mol. The van der Waals surface area contributed by atoms with Crippen LogP contribution in [-0.2, 0) is 5.41 Å². The predicted molar refractivity (Wildman–Crippen MR) is 262 cm³/mol. The van der Waals surface area contributed by atoms with Gasteiger partial charge in [0.25, 0.3) is 0 Å². The molecule has 1 aliphatic heterocycles. The zero-order valence-electron chi connectivity index (χ0n) is 34.0. The minimum Gasteiger partial charge on any atom is -0.456 e. The van der Waals surface area contributed by atoms with Crippen molar-refractivity contribution < 1.29 is 4.42 Å². The molecule has 1 spiro atoms. The van der Waals surface area contributed by atoms with Crippen molar-refractivity contribution in [3.63, 3.8) is 0 Å². The van der Waals surface area contributed by atoms with E-state index < -0.39 is 5.41 Å². The van der Waals surface area contributed by atoms with Crippen molar-refractivity contribution in [1.82, 2.24) is 4.57 Å². The van der Waals surface area contributed by atoms with Crippen LogP contribution in [0.5, 0.6) is 0 Å². The maximum atomic E-state index is 6.27. The summed E-state index contributed by atoms with van der Waals surface area (Å²) in [4.78, 5) is 4.97. The number of aromatic nitrogens is 1. The molecule has 10 aromatic carbocycles. The predicted octanol–water partition coefficient (Wildman–Crippen LogP) is 16.1. The molecule has 0 N–H and O–H groups in total. The molecule has 0 bridgehead atoms. The Morgan fingerprint density at radius 2 is 1.06 bits per heavy atom. The van der Waals surface area contributed by atoms with Gasteiger partial charge in [-0.1, -0.05) is 157 Å². The minimum absolute atomic E-state index is 0.501. The molecule has 1 unspecified atom stereocenters. The van der Waals surface area contributed by atoms with Gasteiger partial charge < -0.3 is 13.9 Å². The number of nitrogens with zero attached hydrogens (tertiary/aromatic N) is 2. The molecule has 2 aliphatic rings. The van der Waals surface area contributed by atoms with Crippen LogP contribution in [0, 0.1) is 0 Å². The first kappa shape index (κ1) is 34.9. The summed E-state index contributed by atoms with van der Waals surface area (Å²) < 4.78 is 8.69. The topological polar surface area (TPSA) is 21.3 Å². The van der Waals surface area contributed by atoms with E-state index in [1.54, 1.807) is 0 Å². The van der Waals surface area contributed by atoms with Crippen molar-refractivity contribution >= 4 is 83.3 Å². The Morgan fingerprint density at radius 1 is 0.397 bits per heavy atom. The summed E-state index contributed by atoms with van der Waals surface area (Å²) in [6, 6.07) is 80.5. The Hall–Kier alpha value is -7.79. The molecule has 0 amide bonds. The zero-order valence-corrected chi connectivity index (χ0v) is 34.8. The SMILES string of the molecule is c1ccc(N(c2ccc3c(c2)Sc2ccccc2C32c3ccccc3-c3cccc4cccc2c34)c2ccc3c4ccccc4n(-c4ccc5oc6ccccc6c5c4)c3c2)cc1. The molecule has 3 nitrogen and oxygen atoms in total. The summed E-state index contributed by atoms with van der Waals surface area (Å²) in [6.07, 6.45) is 0. The Morgan fingerprint density at radius 3 is 1.98 bits per heavy atom. The van der Waals surface area contributed by atoms with Crippen LogP contribution >= 0.6 is 11.8 Å². The molecule has 294 valence electrons. The van der Waals surface area contributed by atoms with Crippen molar-refractivity contribution in [1.29, 1.82) is 0 Å². The third kappa shape index (κ3) is 4.81. The van der Waals surface area contributed by atoms with E-state index in [2.05, 4.69) is 216 Å². The summed E-state index contributed by atoms with van der Waals surface area (Å²) in [7, 11) is 0. The van der Waals surface area contributed by atoms with E-state index in [1.165, 1.54) is 70.2 Å². The smallest absolute Gasteiger partial charge is 0.135 e. The van der Waals surface area contributed by atoms with Crippen molar-refractivity contribution in [3.8, 4) is 16.8 Å². The maximum absolute atomic E-state index is 6.27. The molecule has 0 saturated heterocycles. The number of benzene rings is 10. The number of anilines is 3. The lowest BCUT2D eigenvalue weighted by molar-refractivity contribution is 0.669. The molecule has 0 saturated carbocycles. The molecule has 4 heteroatoms. The fourth-order valence-electron chi connectivity index (χ4n) is 11.1. The second-order valence-electron chi connectivity index (χ2n) is 16.8. The molecule has 1 aliphatic carbocycles. The molecule has 2 aromatic heterocycles. The molecule has 0 fully saturated rings. The van der Waals surface area contributed by atoms with Gasteiger partial charge >= 0.3 is 0 Å². The first-order chi connectivity index (χ1) is 31.2. The van der Waals surface area contributed by atoms with Gasteiger partial charge in [-0.3, -0.25) is 0 Å². The summed E-state index contributed by atoms with van der Waals surface area (Å²) in [5.74, 6) is 0. The maximum Gasteiger partial charge on any atom is 0.135 e. The van der Waals surface area contributed by atoms with Crippen molar-refractivity contribution in [2.24, 2.45) is 0 Å². The quantitative estimate of drug-likeness (QED) is 0.176. The van der Waals surface area contributed by atoms with Crippen LogP contribution in [0.25, 0.3) is 71.3 Å². The molecule has 12 aromatic rings. The van der Waals surface area contributed by atoms with Gasteiger partial charge in [0.05, 0.1) is 16.4 Å². The second-order valence-corrected chi connectivity index (χ2v) is 17.9. The summed E-state index contributed by atoms with van der Waals surface area (Å²) in [5, 5.41) is 7.28. The lowest BCUT2D eigenvalue weighted by Crippen LogP contribution is -2.36. The standard InChI is InChI=1S/C59H36N2OS/c1-2-16-38(17-3-1)60(40-28-31-44-43-19-5-9-25-52(43)61(53(44)35-40)39-30-33-55-47(34-39)45-20-6-10-26-54(45)62-55)41-29-32-50-57(36-41)63-56-27-11-8-23-49(56)59(50)48-22-7-4-18-42(48)46-21-12-14-37-15-13-24-51(59)58(37)46/h1-36H. The van der Waals surface area contributed by atoms with E-state index in [0.29, 0.717) is 0 Å². The minimum atomic E-state index is -0.501. The fourth-order valence-corrected chi connectivity index (χ4v) is 12.3. The van der Waals surface area contributed by atoms with Crippen LogP contribution in [-0.4, -0.2) is 4.57 Å². The summed E-state index contributed by atoms with van der Waals surface area (Å²) in [6.45, 7) is 0. The molecular formula is C59H36N2OS.